The van der Waals surface area contributed by atoms with E-state index in [1.807, 2.05) is 27.7 Å². The highest BCUT2D eigenvalue weighted by Gasteiger charge is 2.50. The number of rotatable bonds is 8. The summed E-state index contributed by atoms with van der Waals surface area (Å²) in [6.07, 6.45) is 4.44. The summed E-state index contributed by atoms with van der Waals surface area (Å²) >= 11 is 0. The van der Waals surface area contributed by atoms with Gasteiger partial charge in [-0.15, -0.1) is 5.23 Å². The number of aryl methyl sites for hydroxylation is 1. The van der Waals surface area contributed by atoms with Crippen LogP contribution in [0, 0.1) is 0 Å². The molecule has 1 aliphatic rings. The second-order valence-electron chi connectivity index (χ2n) is 7.20. The molecule has 0 saturated carbocycles. The van der Waals surface area contributed by atoms with E-state index in [0.717, 1.165) is 44.6 Å². The molecule has 1 aromatic rings. The maximum Gasteiger partial charge on any atom is 0.124 e. The first-order chi connectivity index (χ1) is 10.9. The van der Waals surface area contributed by atoms with Crippen LogP contribution in [0.3, 0.4) is 0 Å². The van der Waals surface area contributed by atoms with Crippen molar-refractivity contribution in [2.24, 2.45) is 0 Å². The van der Waals surface area contributed by atoms with Gasteiger partial charge in [0.05, 0.1) is 5.69 Å². The van der Waals surface area contributed by atoms with E-state index in [-0.39, 0.29) is 11.2 Å². The van der Waals surface area contributed by atoms with Gasteiger partial charge in [-0.1, -0.05) is 19.1 Å². The maximum absolute atomic E-state index is 5.92. The number of benzene rings is 1. The van der Waals surface area contributed by atoms with Crippen LogP contribution in [-0.2, 0) is 20.8 Å². The Kier molecular flexibility index (Phi) is 6.06. The molecule has 0 aromatic heterocycles. The summed E-state index contributed by atoms with van der Waals surface area (Å²) < 4.78 is 5.51. The zero-order valence-corrected chi connectivity index (χ0v) is 15.2. The van der Waals surface area contributed by atoms with Crippen molar-refractivity contribution in [3.05, 3.63) is 29.8 Å². The summed E-state index contributed by atoms with van der Waals surface area (Å²) in [5.41, 5.74) is 1.55. The van der Waals surface area contributed by atoms with Crippen LogP contribution in [0.2, 0.25) is 0 Å². The molecule has 0 spiro atoms. The lowest BCUT2D eigenvalue weighted by Crippen LogP contribution is -2.41. The Hall–Kier alpha value is -1.10. The number of hydrogen-bond acceptors (Lipinski definition) is 4. The largest absolute Gasteiger partial charge is 0.381 e. The molecule has 0 N–H and O–H groups in total. The Balaban J connectivity index is 1.81. The standard InChI is InChI=1S/C19H31NO3/c1-6-14-21-15-8-7-9-16-10-12-17(13-11-16)20-22-18(2,3)19(4,5)23-20/h10-13H,6-9,14-15H2,1-5H3. The van der Waals surface area contributed by atoms with Crippen molar-refractivity contribution in [2.45, 2.75) is 71.5 Å². The smallest absolute Gasteiger partial charge is 0.124 e. The van der Waals surface area contributed by atoms with Crippen LogP contribution >= 0.6 is 0 Å². The van der Waals surface area contributed by atoms with Gasteiger partial charge >= 0.3 is 0 Å². The molecule has 0 radical (unpaired) electrons. The van der Waals surface area contributed by atoms with Crippen LogP contribution in [0.1, 0.15) is 59.4 Å². The molecule has 1 fully saturated rings. The molecule has 1 heterocycles. The number of hydrogen-bond donors (Lipinski definition) is 0. The molecule has 23 heavy (non-hydrogen) atoms. The van der Waals surface area contributed by atoms with Gasteiger partial charge in [0.1, 0.15) is 11.2 Å². The Morgan fingerprint density at radius 2 is 1.52 bits per heavy atom. The lowest BCUT2D eigenvalue weighted by Gasteiger charge is -2.26. The van der Waals surface area contributed by atoms with Gasteiger partial charge in [0.15, 0.2) is 0 Å². The molecule has 4 heteroatoms. The van der Waals surface area contributed by atoms with Crippen molar-refractivity contribution in [1.82, 2.24) is 0 Å². The number of nitrogens with zero attached hydrogens (tertiary/aromatic N) is 1. The topological polar surface area (TPSA) is 30.9 Å². The van der Waals surface area contributed by atoms with E-state index in [1.165, 1.54) is 5.56 Å². The van der Waals surface area contributed by atoms with E-state index >= 15 is 0 Å². The highest BCUT2D eigenvalue weighted by Crippen LogP contribution is 2.39. The Labute approximate surface area is 140 Å². The van der Waals surface area contributed by atoms with Gasteiger partial charge in [-0.25, -0.2) is 9.68 Å². The lowest BCUT2D eigenvalue weighted by atomic mass is 9.90. The summed E-state index contributed by atoms with van der Waals surface area (Å²) in [4.78, 5) is 11.8. The molecule has 1 aliphatic heterocycles. The predicted molar refractivity (Wildman–Crippen MR) is 93.3 cm³/mol. The molecule has 0 amide bonds. The number of ether oxygens (including phenoxy) is 1. The average molecular weight is 321 g/mol. The van der Waals surface area contributed by atoms with Crippen molar-refractivity contribution < 1.29 is 14.4 Å². The molecule has 0 unspecified atom stereocenters. The molecule has 1 aromatic carbocycles. The first kappa shape index (κ1) is 18.2. The predicted octanol–water partition coefficient (Wildman–Crippen LogP) is 4.68. The summed E-state index contributed by atoms with van der Waals surface area (Å²) in [5.74, 6) is 0. The highest BCUT2D eigenvalue weighted by molar-refractivity contribution is 5.44. The van der Waals surface area contributed by atoms with Gasteiger partial charge in [-0.2, -0.15) is 0 Å². The zero-order valence-electron chi connectivity index (χ0n) is 15.2. The van der Waals surface area contributed by atoms with Crippen molar-refractivity contribution >= 4 is 5.69 Å². The van der Waals surface area contributed by atoms with E-state index in [2.05, 4.69) is 31.2 Å². The first-order valence-corrected chi connectivity index (χ1v) is 8.71. The van der Waals surface area contributed by atoms with Gasteiger partial charge < -0.3 is 4.74 Å². The SMILES string of the molecule is CCCOCCCCc1ccc(N2OC(C)(C)C(C)(C)O2)cc1. The maximum atomic E-state index is 5.92. The zero-order chi connectivity index (χ0) is 16.9. The molecule has 0 aliphatic carbocycles. The van der Waals surface area contributed by atoms with Gasteiger partial charge in [-0.3, -0.25) is 0 Å². The van der Waals surface area contributed by atoms with Crippen molar-refractivity contribution in [2.75, 3.05) is 18.4 Å². The van der Waals surface area contributed by atoms with E-state index in [1.54, 1.807) is 5.23 Å². The van der Waals surface area contributed by atoms with E-state index in [0.29, 0.717) is 0 Å². The van der Waals surface area contributed by atoms with Crippen molar-refractivity contribution in [3.8, 4) is 0 Å². The lowest BCUT2D eigenvalue weighted by molar-refractivity contribution is -0.0273. The van der Waals surface area contributed by atoms with Crippen LogP contribution in [0.4, 0.5) is 5.69 Å². The van der Waals surface area contributed by atoms with Gasteiger partial charge in [0, 0.05) is 13.2 Å². The minimum atomic E-state index is -0.357. The first-order valence-electron chi connectivity index (χ1n) is 8.71. The Morgan fingerprint density at radius 3 is 2.09 bits per heavy atom. The van der Waals surface area contributed by atoms with Gasteiger partial charge in [-0.05, 0) is 71.1 Å². The molecule has 4 nitrogen and oxygen atoms in total. The van der Waals surface area contributed by atoms with Crippen LogP contribution in [0.5, 0.6) is 0 Å². The van der Waals surface area contributed by atoms with Gasteiger partial charge in [0.25, 0.3) is 0 Å². The second kappa shape index (κ2) is 7.65. The quantitative estimate of drug-likeness (QED) is 0.651. The normalized spacial score (nSPS) is 19.3. The third-order valence-electron chi connectivity index (χ3n) is 4.57. The van der Waals surface area contributed by atoms with E-state index < -0.39 is 0 Å². The van der Waals surface area contributed by atoms with Crippen molar-refractivity contribution in [3.63, 3.8) is 0 Å². The van der Waals surface area contributed by atoms with Crippen LogP contribution < -0.4 is 5.23 Å². The molecular formula is C19H31NO3. The average Bonchev–Trinajstić information content (AvgIpc) is 2.72. The summed E-state index contributed by atoms with van der Waals surface area (Å²) in [6, 6.07) is 8.40. The van der Waals surface area contributed by atoms with E-state index in [9.17, 15) is 0 Å². The third kappa shape index (κ3) is 4.69. The van der Waals surface area contributed by atoms with E-state index in [4.69, 9.17) is 14.4 Å². The fourth-order valence-electron chi connectivity index (χ4n) is 2.32. The third-order valence-corrected chi connectivity index (χ3v) is 4.57. The monoisotopic (exact) mass is 321 g/mol. The number of unbranched alkanes of at least 4 members (excludes halogenated alkanes) is 1. The summed E-state index contributed by atoms with van der Waals surface area (Å²) in [6.45, 7) is 12.0. The minimum absolute atomic E-state index is 0.357. The summed E-state index contributed by atoms with van der Waals surface area (Å²) in [7, 11) is 0. The second-order valence-corrected chi connectivity index (χ2v) is 7.20. The highest BCUT2D eigenvalue weighted by atomic mass is 17.0. The molecular weight excluding hydrogens is 290 g/mol. The van der Waals surface area contributed by atoms with Crippen molar-refractivity contribution in [1.29, 1.82) is 0 Å². The van der Waals surface area contributed by atoms with Gasteiger partial charge in [0.2, 0.25) is 0 Å². The fraction of sp³-hybridized carbons (Fsp3) is 0.684. The summed E-state index contributed by atoms with van der Waals surface area (Å²) in [5, 5.41) is 1.54. The fourth-order valence-corrected chi connectivity index (χ4v) is 2.32. The Morgan fingerprint density at radius 1 is 0.913 bits per heavy atom. The molecule has 2 rings (SSSR count). The number of anilines is 1. The molecule has 130 valence electrons. The molecule has 1 saturated heterocycles. The van der Waals surface area contributed by atoms with Crippen LogP contribution in [0.25, 0.3) is 0 Å². The van der Waals surface area contributed by atoms with Crippen LogP contribution in [0.15, 0.2) is 24.3 Å². The minimum Gasteiger partial charge on any atom is -0.381 e. The Bertz CT molecular complexity index is 466. The molecule has 0 atom stereocenters. The molecule has 0 bridgehead atoms. The van der Waals surface area contributed by atoms with Crippen LogP contribution in [-0.4, -0.2) is 24.4 Å².